The number of nitrogens with two attached hydrogens (primary N) is 1. The summed E-state index contributed by atoms with van der Waals surface area (Å²) in [6.07, 6.45) is 3.74. The number of aromatic nitrogens is 2. The van der Waals surface area contributed by atoms with Gasteiger partial charge in [-0.25, -0.2) is 0 Å². The predicted octanol–water partition coefficient (Wildman–Crippen LogP) is 1.36. The van der Waals surface area contributed by atoms with Crippen LogP contribution in [-0.2, 0) is 17.1 Å². The van der Waals surface area contributed by atoms with E-state index in [1.54, 1.807) is 6.92 Å². The molecule has 1 aromatic rings. The minimum atomic E-state index is 0. The van der Waals surface area contributed by atoms with Crippen molar-refractivity contribution >= 4 is 18.2 Å². The second-order valence-electron chi connectivity index (χ2n) is 1.35. The van der Waals surface area contributed by atoms with Crippen LogP contribution >= 0.6 is 0 Å². The molecule has 1 rings (SSSR count). The fraction of sp³-hybridized carbons (Fsp3) is 0.125. The molecule has 0 aliphatic heterocycles. The quantitative estimate of drug-likeness (QED) is 0.440. The maximum Gasteiger partial charge on any atom is 0 e. The molecule has 0 aliphatic rings. The molecular weight excluding hydrogens is 207 g/mol. The van der Waals surface area contributed by atoms with E-state index in [1.807, 2.05) is 0 Å². The average Bonchev–Trinajstić information content (AvgIpc) is 2.09. The predicted molar refractivity (Wildman–Crippen MR) is 50.9 cm³/mol. The van der Waals surface area contributed by atoms with Crippen LogP contribution in [0, 0.1) is 20.5 Å². The van der Waals surface area contributed by atoms with Gasteiger partial charge >= 0.3 is 0 Å². The van der Waals surface area contributed by atoms with Crippen molar-refractivity contribution in [1.82, 2.24) is 9.97 Å². The van der Waals surface area contributed by atoms with Gasteiger partial charge in [0.1, 0.15) is 0 Å². The van der Waals surface area contributed by atoms with Gasteiger partial charge < -0.3 is 35.0 Å². The molecule has 1 aromatic heterocycles. The van der Waals surface area contributed by atoms with Crippen molar-refractivity contribution < 1.29 is 17.1 Å². The maximum absolute atomic E-state index is 5.27. The van der Waals surface area contributed by atoms with Gasteiger partial charge in [0, 0.05) is 17.1 Å². The fourth-order valence-electron chi connectivity index (χ4n) is 0.394. The second-order valence-corrected chi connectivity index (χ2v) is 1.35. The number of anilines is 1. The Morgan fingerprint density at radius 1 is 1.62 bits per heavy atom. The molecule has 0 amide bonds. The first-order chi connectivity index (χ1) is 5.34. The van der Waals surface area contributed by atoms with E-state index in [1.165, 1.54) is 6.33 Å². The van der Waals surface area contributed by atoms with Crippen LogP contribution in [0.5, 0.6) is 0 Å². The summed E-state index contributed by atoms with van der Waals surface area (Å²) in [5.74, 6) is 0.243. The van der Waals surface area contributed by atoms with E-state index in [4.69, 9.17) is 12.5 Å². The van der Waals surface area contributed by atoms with E-state index < -0.39 is 0 Å². The van der Waals surface area contributed by atoms with Gasteiger partial charge in [0.05, 0.1) is 0 Å². The van der Waals surface area contributed by atoms with Gasteiger partial charge in [-0.3, -0.25) is 0 Å². The molecule has 0 unspecified atom stereocenters. The third-order valence-corrected chi connectivity index (χ3v) is 0.797. The van der Waals surface area contributed by atoms with E-state index in [0.29, 0.717) is 0 Å². The first-order valence-electron chi connectivity index (χ1n) is 2.94. The van der Waals surface area contributed by atoms with E-state index in [9.17, 15) is 0 Å². The van der Waals surface area contributed by atoms with E-state index in [2.05, 4.69) is 28.1 Å². The summed E-state index contributed by atoms with van der Waals surface area (Å²) >= 11 is 0. The number of hydrogen-bond donors (Lipinski definition) is 1. The van der Waals surface area contributed by atoms with Gasteiger partial charge in [-0.2, -0.15) is 25.5 Å². The Morgan fingerprint density at radius 3 is 2.46 bits per heavy atom. The summed E-state index contributed by atoms with van der Waals surface area (Å²) in [5, 5.41) is 0. The molecule has 0 saturated carbocycles. The summed E-state index contributed by atoms with van der Waals surface area (Å²) in [5.41, 5.74) is 5.56. The van der Waals surface area contributed by atoms with Crippen molar-refractivity contribution in [3.63, 3.8) is 0 Å². The fourth-order valence-corrected chi connectivity index (χ4v) is 0.394. The van der Waals surface area contributed by atoms with Gasteiger partial charge in [0.2, 0.25) is 0 Å². The number of aliphatic imine (C=N–C) groups is 1. The van der Waals surface area contributed by atoms with Gasteiger partial charge in [-0.05, 0) is 12.1 Å². The van der Waals surface area contributed by atoms with Crippen molar-refractivity contribution in [2.75, 3.05) is 5.73 Å². The molecular formula is C8H12MnN4-4. The first kappa shape index (κ1) is 18.0. The summed E-state index contributed by atoms with van der Waals surface area (Å²) in [4.78, 5) is 10.4. The molecule has 1 radical (unpaired) electrons. The summed E-state index contributed by atoms with van der Waals surface area (Å²) in [6.45, 7) is 9.88. The van der Waals surface area contributed by atoms with Crippen LogP contribution in [-0.4, -0.2) is 16.7 Å². The molecule has 4 nitrogen and oxygen atoms in total. The summed E-state index contributed by atoms with van der Waals surface area (Å²) in [7, 11) is 0. The van der Waals surface area contributed by atoms with Crippen molar-refractivity contribution in [3.05, 3.63) is 26.9 Å². The van der Waals surface area contributed by atoms with Gasteiger partial charge in [0.25, 0.3) is 0 Å². The maximum atomic E-state index is 5.27. The Hall–Kier alpha value is -0.931. The molecule has 0 spiro atoms. The molecule has 0 fully saturated rings. The molecule has 2 N–H and O–H groups in total. The molecule has 0 aromatic carbocycles. The van der Waals surface area contributed by atoms with Crippen LogP contribution in [0.3, 0.4) is 0 Å². The largest absolute Gasteiger partial charge is 0.480 e. The first-order valence-corrected chi connectivity index (χ1v) is 2.94. The normalized spacial score (nSPS) is 6.62. The molecule has 13 heavy (non-hydrogen) atoms. The third kappa shape index (κ3) is 6.25. The van der Waals surface area contributed by atoms with E-state index in [0.717, 1.165) is 0 Å². The Balaban J connectivity index is -0.000000234. The molecule has 0 saturated heterocycles. The Bertz CT molecular complexity index is 227. The van der Waals surface area contributed by atoms with Crippen LogP contribution in [0.1, 0.15) is 6.92 Å². The topological polar surface area (TPSA) is 64.2 Å². The Labute approximate surface area is 90.2 Å². The van der Waals surface area contributed by atoms with Crippen LogP contribution in [0.4, 0.5) is 11.5 Å². The molecule has 0 aliphatic carbocycles. The van der Waals surface area contributed by atoms with Gasteiger partial charge in [-0.1, -0.05) is 0 Å². The van der Waals surface area contributed by atoms with Crippen LogP contribution in [0.25, 0.3) is 0 Å². The SMILES string of the molecule is [CH-]=Nc1[c-]ncnc1N.[CH2-]C.[CH3-].[Mn]. The molecule has 0 atom stereocenters. The summed E-state index contributed by atoms with van der Waals surface area (Å²) < 4.78 is 0. The van der Waals surface area contributed by atoms with Crippen molar-refractivity contribution in [2.24, 2.45) is 4.99 Å². The van der Waals surface area contributed by atoms with Crippen LogP contribution in [0.15, 0.2) is 11.3 Å². The Kier molecular flexibility index (Phi) is 15.3. The minimum absolute atomic E-state index is 0. The second kappa shape index (κ2) is 11.1. The summed E-state index contributed by atoms with van der Waals surface area (Å²) in [6, 6.07) is 0. The Morgan fingerprint density at radius 2 is 2.15 bits per heavy atom. The number of nitrogen functional groups attached to an aromatic ring is 1. The molecule has 0 bridgehead atoms. The zero-order valence-corrected chi connectivity index (χ0v) is 8.84. The molecule has 1 heterocycles. The monoisotopic (exact) mass is 219 g/mol. The zero-order chi connectivity index (χ0) is 8.69. The zero-order valence-electron chi connectivity index (χ0n) is 7.66. The molecule has 5 heteroatoms. The minimum Gasteiger partial charge on any atom is -0.480 e. The van der Waals surface area contributed by atoms with Crippen LogP contribution < -0.4 is 5.73 Å². The third-order valence-electron chi connectivity index (χ3n) is 0.797. The number of hydrogen-bond acceptors (Lipinski definition) is 4. The number of rotatable bonds is 1. The van der Waals surface area contributed by atoms with Crippen molar-refractivity contribution in [1.29, 1.82) is 0 Å². The number of nitrogens with zero attached hydrogens (tertiary/aromatic N) is 3. The van der Waals surface area contributed by atoms with Crippen molar-refractivity contribution in [2.45, 2.75) is 6.92 Å². The average molecular weight is 219 g/mol. The van der Waals surface area contributed by atoms with Crippen LogP contribution in [0.2, 0.25) is 0 Å². The van der Waals surface area contributed by atoms with Gasteiger partial charge in [-0.15, -0.1) is 0 Å². The van der Waals surface area contributed by atoms with Gasteiger partial charge in [0.15, 0.2) is 0 Å². The van der Waals surface area contributed by atoms with E-state index in [-0.39, 0.29) is 36.0 Å². The smallest absolute Gasteiger partial charge is 0 e. The van der Waals surface area contributed by atoms with E-state index >= 15 is 0 Å². The standard InChI is InChI=1S/C5H4N4.C2H5.CH3.Mn/c1-7-4-2-8-3-9-5(4)6;1-2;;/h1,3H,(H2,6,8,9);1H2,2H3;1H3;/q-2;2*-1;. The van der Waals surface area contributed by atoms with Crippen molar-refractivity contribution in [3.8, 4) is 0 Å². The molecule has 75 valence electrons.